The van der Waals surface area contributed by atoms with E-state index in [4.69, 9.17) is 0 Å². The van der Waals surface area contributed by atoms with Gasteiger partial charge >= 0.3 is 0 Å². The maximum Gasteiger partial charge on any atom is 0.251 e. The molecule has 7 nitrogen and oxygen atoms in total. The smallest absolute Gasteiger partial charge is 0.251 e. The summed E-state index contributed by atoms with van der Waals surface area (Å²) in [5, 5.41) is 8.99. The fourth-order valence-electron chi connectivity index (χ4n) is 4.08. The number of carbonyl (C=O) groups excluding carboxylic acids is 3. The molecular weight excluding hydrogens is 368 g/mol. The van der Waals surface area contributed by atoms with Crippen LogP contribution < -0.4 is 16.0 Å². The van der Waals surface area contributed by atoms with Gasteiger partial charge in [0, 0.05) is 35.6 Å². The zero-order valence-electron chi connectivity index (χ0n) is 16.7. The second kappa shape index (κ2) is 7.00. The highest BCUT2D eigenvalue weighted by Gasteiger charge is 2.53. The monoisotopic (exact) mass is 392 g/mol. The van der Waals surface area contributed by atoms with E-state index in [1.165, 1.54) is 0 Å². The van der Waals surface area contributed by atoms with Gasteiger partial charge in [-0.25, -0.2) is 0 Å². The molecule has 0 radical (unpaired) electrons. The van der Waals surface area contributed by atoms with Crippen LogP contribution in [0.2, 0.25) is 0 Å². The Labute approximate surface area is 169 Å². The fraction of sp³-hybridized carbons (Fsp3) is 0.318. The quantitative estimate of drug-likeness (QED) is 0.725. The van der Waals surface area contributed by atoms with Crippen LogP contribution in [0, 0.1) is 0 Å². The summed E-state index contributed by atoms with van der Waals surface area (Å²) in [6.45, 7) is 3.00. The molecule has 2 heterocycles. The molecule has 3 N–H and O–H groups in total. The lowest BCUT2D eigenvalue weighted by Gasteiger charge is -2.29. The second-order valence-corrected chi connectivity index (χ2v) is 7.99. The van der Waals surface area contributed by atoms with E-state index in [0.717, 1.165) is 12.2 Å². The average molecular weight is 392 g/mol. The Morgan fingerprint density at radius 2 is 1.90 bits per heavy atom. The lowest BCUT2D eigenvalue weighted by Crippen LogP contribution is -2.47. The number of Topliss-reactive ketones (excluding diaryl/α,β-unsaturated/α-hetero) is 1. The summed E-state index contributed by atoms with van der Waals surface area (Å²) in [6, 6.07) is 12.4. The predicted molar refractivity (Wildman–Crippen MR) is 112 cm³/mol. The number of benzene rings is 2. The fourth-order valence-corrected chi connectivity index (χ4v) is 4.08. The van der Waals surface area contributed by atoms with Crippen molar-refractivity contribution in [3.05, 3.63) is 59.2 Å². The van der Waals surface area contributed by atoms with Gasteiger partial charge in [-0.05, 0) is 56.9 Å². The van der Waals surface area contributed by atoms with Gasteiger partial charge in [-0.15, -0.1) is 0 Å². The molecule has 2 aromatic carbocycles. The first-order chi connectivity index (χ1) is 13.8. The van der Waals surface area contributed by atoms with Crippen molar-refractivity contribution < 1.29 is 14.4 Å². The molecule has 29 heavy (non-hydrogen) atoms. The van der Waals surface area contributed by atoms with Gasteiger partial charge in [0.1, 0.15) is 5.54 Å². The van der Waals surface area contributed by atoms with Crippen molar-refractivity contribution in [3.63, 3.8) is 0 Å². The molecule has 2 aliphatic rings. The van der Waals surface area contributed by atoms with Gasteiger partial charge < -0.3 is 20.9 Å². The molecule has 0 aromatic heterocycles. The number of carbonyl (C=O) groups is 3. The van der Waals surface area contributed by atoms with Gasteiger partial charge in [0.25, 0.3) is 5.91 Å². The number of para-hydroxylation sites is 1. The van der Waals surface area contributed by atoms with Crippen molar-refractivity contribution in [1.82, 2.24) is 10.2 Å². The van der Waals surface area contributed by atoms with Crippen molar-refractivity contribution >= 4 is 29.0 Å². The van der Waals surface area contributed by atoms with Crippen LogP contribution in [0.15, 0.2) is 42.5 Å². The van der Waals surface area contributed by atoms with Crippen LogP contribution in [-0.2, 0) is 4.79 Å². The molecule has 0 spiro atoms. The van der Waals surface area contributed by atoms with Crippen LogP contribution >= 0.6 is 0 Å². The summed E-state index contributed by atoms with van der Waals surface area (Å²) in [7, 11) is 3.88. The Morgan fingerprint density at radius 1 is 1.14 bits per heavy atom. The minimum atomic E-state index is -1.11. The Bertz CT molecular complexity index is 1020. The molecule has 0 saturated heterocycles. The van der Waals surface area contributed by atoms with Gasteiger partial charge in [0.05, 0.1) is 5.92 Å². The van der Waals surface area contributed by atoms with Crippen LogP contribution in [-0.4, -0.2) is 55.2 Å². The molecule has 0 aliphatic carbocycles. The summed E-state index contributed by atoms with van der Waals surface area (Å²) in [6.07, 6.45) is 0. The van der Waals surface area contributed by atoms with Gasteiger partial charge in [0.15, 0.2) is 5.78 Å². The number of nitrogens with one attached hydrogen (secondary N) is 3. The largest absolute Gasteiger partial charge is 0.371 e. The number of hydrogen-bond donors (Lipinski definition) is 3. The van der Waals surface area contributed by atoms with E-state index in [1.807, 2.05) is 37.2 Å². The molecular formula is C22H24N4O3. The van der Waals surface area contributed by atoms with Gasteiger partial charge in [0.2, 0.25) is 5.91 Å². The Balaban J connectivity index is 1.65. The van der Waals surface area contributed by atoms with E-state index >= 15 is 0 Å². The van der Waals surface area contributed by atoms with Crippen molar-refractivity contribution in [2.75, 3.05) is 37.8 Å². The molecule has 4 rings (SSSR count). The Hall–Kier alpha value is -3.19. The van der Waals surface area contributed by atoms with Crippen molar-refractivity contribution in [3.8, 4) is 0 Å². The third-order valence-corrected chi connectivity index (χ3v) is 5.60. The molecule has 2 amide bonds. The molecule has 150 valence electrons. The number of likely N-dealkylation sites (N-methyl/N-ethyl adjacent to an activating group) is 1. The van der Waals surface area contributed by atoms with Crippen LogP contribution in [0.1, 0.15) is 39.1 Å². The normalized spacial score (nSPS) is 22.1. The molecule has 0 bridgehead atoms. The number of amides is 2. The number of ketones is 1. The Kier molecular flexibility index (Phi) is 4.62. The first-order valence-electron chi connectivity index (χ1n) is 9.61. The highest BCUT2D eigenvalue weighted by atomic mass is 16.2. The highest BCUT2D eigenvalue weighted by Crippen LogP contribution is 2.46. The molecule has 2 unspecified atom stereocenters. The number of rotatable bonds is 5. The lowest BCUT2D eigenvalue weighted by molar-refractivity contribution is -0.117. The van der Waals surface area contributed by atoms with E-state index in [1.54, 1.807) is 31.2 Å². The molecule has 2 atom stereocenters. The third-order valence-electron chi connectivity index (χ3n) is 5.60. The maximum atomic E-state index is 13.2. The van der Waals surface area contributed by atoms with Crippen molar-refractivity contribution in [2.24, 2.45) is 0 Å². The topological polar surface area (TPSA) is 90.5 Å². The zero-order valence-corrected chi connectivity index (χ0v) is 16.7. The summed E-state index contributed by atoms with van der Waals surface area (Å²) in [5.74, 6) is -1.30. The van der Waals surface area contributed by atoms with E-state index in [0.29, 0.717) is 28.9 Å². The average Bonchev–Trinajstić information content (AvgIpc) is 3.15. The first-order valence-corrected chi connectivity index (χ1v) is 9.61. The number of nitrogens with zero attached hydrogens (tertiary/aromatic N) is 1. The summed E-state index contributed by atoms with van der Waals surface area (Å²) < 4.78 is 0. The molecule has 0 fully saturated rings. The molecule has 7 heteroatoms. The standard InChI is InChI=1S/C22H24N4O3/c1-22(19(27)14-6-4-5-7-17(14)25-22)18-15-12-13(8-9-16(15)24-21(18)29)20(28)23-10-11-26(2)3/h4-9,12,18,25H,10-11H2,1-3H3,(H,23,28)(H,24,29). The summed E-state index contributed by atoms with van der Waals surface area (Å²) >= 11 is 0. The van der Waals surface area contributed by atoms with E-state index < -0.39 is 11.5 Å². The molecule has 0 saturated carbocycles. The Morgan fingerprint density at radius 3 is 2.62 bits per heavy atom. The van der Waals surface area contributed by atoms with Crippen LogP contribution in [0.3, 0.4) is 0 Å². The minimum absolute atomic E-state index is 0.123. The number of fused-ring (bicyclic) bond motifs is 2. The minimum Gasteiger partial charge on any atom is -0.371 e. The predicted octanol–water partition coefficient (Wildman–Crippen LogP) is 2.08. The van der Waals surface area contributed by atoms with Crippen molar-refractivity contribution in [2.45, 2.75) is 18.4 Å². The lowest BCUT2D eigenvalue weighted by atomic mass is 9.78. The van der Waals surface area contributed by atoms with E-state index in [9.17, 15) is 14.4 Å². The van der Waals surface area contributed by atoms with Crippen LogP contribution in [0.25, 0.3) is 0 Å². The molecule has 2 aliphatic heterocycles. The van der Waals surface area contributed by atoms with Crippen LogP contribution in [0.5, 0.6) is 0 Å². The van der Waals surface area contributed by atoms with Gasteiger partial charge in [-0.3, -0.25) is 14.4 Å². The van der Waals surface area contributed by atoms with Gasteiger partial charge in [-0.2, -0.15) is 0 Å². The first kappa shape index (κ1) is 19.1. The zero-order chi connectivity index (χ0) is 20.8. The highest BCUT2D eigenvalue weighted by molar-refractivity contribution is 6.19. The maximum absolute atomic E-state index is 13.2. The summed E-state index contributed by atoms with van der Waals surface area (Å²) in [5.41, 5.74) is 1.95. The number of hydrogen-bond acceptors (Lipinski definition) is 5. The summed E-state index contributed by atoms with van der Waals surface area (Å²) in [4.78, 5) is 40.5. The van der Waals surface area contributed by atoms with Crippen molar-refractivity contribution in [1.29, 1.82) is 0 Å². The number of anilines is 2. The SMILES string of the molecule is CN(C)CCNC(=O)c1ccc2c(c1)C(C1(C)Nc3ccccc3C1=O)C(=O)N2. The van der Waals surface area contributed by atoms with E-state index in [2.05, 4.69) is 16.0 Å². The molecule has 2 aromatic rings. The van der Waals surface area contributed by atoms with Gasteiger partial charge in [-0.1, -0.05) is 12.1 Å². The second-order valence-electron chi connectivity index (χ2n) is 7.99. The third kappa shape index (κ3) is 3.17. The van der Waals surface area contributed by atoms with E-state index in [-0.39, 0.29) is 17.6 Å². The van der Waals surface area contributed by atoms with Crippen LogP contribution in [0.4, 0.5) is 11.4 Å².